The van der Waals surface area contributed by atoms with Crippen LogP contribution in [0.2, 0.25) is 0 Å². The molecule has 0 saturated heterocycles. The first-order valence-electron chi connectivity index (χ1n) is 10.6. The Kier molecular flexibility index (Phi) is 6.78. The molecule has 1 aliphatic heterocycles. The van der Waals surface area contributed by atoms with Crippen molar-refractivity contribution < 1.29 is 17.9 Å². The first-order valence-corrected chi connectivity index (χ1v) is 12.0. The van der Waals surface area contributed by atoms with Gasteiger partial charge in [-0.15, -0.1) is 0 Å². The van der Waals surface area contributed by atoms with Gasteiger partial charge in [0.15, 0.2) is 0 Å². The summed E-state index contributed by atoms with van der Waals surface area (Å²) in [4.78, 5) is 0.132. The van der Waals surface area contributed by atoms with Crippen LogP contribution < -0.4 is 19.5 Å². The molecule has 1 aromatic heterocycles. The van der Waals surface area contributed by atoms with E-state index in [0.29, 0.717) is 12.4 Å². The van der Waals surface area contributed by atoms with E-state index in [4.69, 9.17) is 9.47 Å². The van der Waals surface area contributed by atoms with Crippen LogP contribution in [0.15, 0.2) is 65.8 Å². The van der Waals surface area contributed by atoms with Crippen molar-refractivity contribution in [1.29, 1.82) is 0 Å². The maximum Gasteiger partial charge on any atom is 0.243 e. The third kappa shape index (κ3) is 5.12. The first kappa shape index (κ1) is 22.3. The molecule has 0 saturated carbocycles. The molecule has 0 unspecified atom stereocenters. The van der Waals surface area contributed by atoms with Gasteiger partial charge in [0.05, 0.1) is 6.20 Å². The third-order valence-electron chi connectivity index (χ3n) is 5.61. The molecular formula is C23H28N4O4S. The van der Waals surface area contributed by atoms with Crippen LogP contribution in [0.3, 0.4) is 0 Å². The first-order chi connectivity index (χ1) is 15.5. The monoisotopic (exact) mass is 456 g/mol. The van der Waals surface area contributed by atoms with E-state index in [9.17, 15) is 8.42 Å². The highest BCUT2D eigenvalue weighted by molar-refractivity contribution is 7.89. The van der Waals surface area contributed by atoms with Crippen molar-refractivity contribution >= 4 is 10.0 Å². The number of likely N-dealkylation sites (N-methyl/N-ethyl adjacent to an activating group) is 1. The van der Waals surface area contributed by atoms with Gasteiger partial charge >= 0.3 is 0 Å². The van der Waals surface area contributed by atoms with Gasteiger partial charge in [-0.05, 0) is 37.2 Å². The van der Waals surface area contributed by atoms with Crippen LogP contribution in [0.25, 0.3) is 0 Å². The number of benzene rings is 2. The fourth-order valence-corrected chi connectivity index (χ4v) is 4.92. The minimum atomic E-state index is -3.60. The lowest BCUT2D eigenvalue weighted by atomic mass is 9.84. The lowest BCUT2D eigenvalue weighted by Gasteiger charge is -2.34. The van der Waals surface area contributed by atoms with Gasteiger partial charge < -0.3 is 14.8 Å². The molecule has 3 aromatic rings. The lowest BCUT2D eigenvalue weighted by Crippen LogP contribution is -2.41. The molecule has 0 fully saturated rings. The fourth-order valence-electron chi connectivity index (χ4n) is 3.92. The number of aryl methyl sites for hydroxylation is 1. The third-order valence-corrected chi connectivity index (χ3v) is 7.02. The van der Waals surface area contributed by atoms with Crippen LogP contribution in [0, 0.1) is 0 Å². The van der Waals surface area contributed by atoms with E-state index in [0.717, 1.165) is 17.7 Å². The number of hydrogen-bond donors (Lipinski definition) is 2. The predicted octanol–water partition coefficient (Wildman–Crippen LogP) is 2.08. The maximum absolute atomic E-state index is 12.3. The van der Waals surface area contributed by atoms with Crippen molar-refractivity contribution in [2.75, 3.05) is 26.8 Å². The smallest absolute Gasteiger partial charge is 0.243 e. The molecule has 4 rings (SSSR count). The number of aromatic nitrogens is 2. The summed E-state index contributed by atoms with van der Waals surface area (Å²) in [7, 11) is 0.0185. The molecule has 0 spiro atoms. The van der Waals surface area contributed by atoms with Gasteiger partial charge in [0, 0.05) is 37.3 Å². The second kappa shape index (κ2) is 9.72. The van der Waals surface area contributed by atoms with E-state index >= 15 is 0 Å². The Balaban J connectivity index is 1.42. The zero-order valence-electron chi connectivity index (χ0n) is 18.2. The SMILES string of the molecule is CN[C@@H]1COc2ccc(OCCNS(=O)(=O)c3cnn(C)c3)cc2[C@@H]1Cc1ccccc1. The van der Waals surface area contributed by atoms with E-state index in [1.165, 1.54) is 22.6 Å². The molecule has 2 aromatic carbocycles. The van der Waals surface area contributed by atoms with Gasteiger partial charge in [-0.3, -0.25) is 4.68 Å². The molecule has 2 atom stereocenters. The quantitative estimate of drug-likeness (QED) is 0.479. The topological polar surface area (TPSA) is 94.5 Å². The lowest BCUT2D eigenvalue weighted by molar-refractivity contribution is 0.217. The molecule has 2 N–H and O–H groups in total. The molecular weight excluding hydrogens is 428 g/mol. The molecule has 1 aliphatic rings. The van der Waals surface area contributed by atoms with Gasteiger partial charge in [-0.1, -0.05) is 30.3 Å². The molecule has 0 amide bonds. The standard InChI is InChI=1S/C23H28N4O4S/c1-24-22-16-31-23-9-8-18(13-21(23)20(22)12-17-6-4-3-5-7-17)30-11-10-26-32(28,29)19-14-25-27(2)15-19/h3-9,13-15,20,22,24,26H,10-12,16H2,1-2H3/t20-,22+/m0/s1. The number of ether oxygens (including phenoxy) is 2. The predicted molar refractivity (Wildman–Crippen MR) is 122 cm³/mol. The van der Waals surface area contributed by atoms with Crippen LogP contribution >= 0.6 is 0 Å². The Bertz CT molecular complexity index is 1150. The van der Waals surface area contributed by atoms with E-state index in [2.05, 4.69) is 39.4 Å². The molecule has 0 aliphatic carbocycles. The van der Waals surface area contributed by atoms with Crippen molar-refractivity contribution in [2.45, 2.75) is 23.3 Å². The van der Waals surface area contributed by atoms with Gasteiger partial charge in [0.1, 0.15) is 29.6 Å². The van der Waals surface area contributed by atoms with Crippen molar-refractivity contribution in [3.8, 4) is 11.5 Å². The number of nitrogens with zero attached hydrogens (tertiary/aromatic N) is 2. The maximum atomic E-state index is 12.3. The molecule has 0 bridgehead atoms. The highest BCUT2D eigenvalue weighted by atomic mass is 32.2. The summed E-state index contributed by atoms with van der Waals surface area (Å²) < 4.78 is 40.4. The second-order valence-corrected chi connectivity index (χ2v) is 9.56. The van der Waals surface area contributed by atoms with Crippen LogP contribution in [-0.4, -0.2) is 51.0 Å². The van der Waals surface area contributed by atoms with Gasteiger partial charge in [0.25, 0.3) is 0 Å². The minimum Gasteiger partial charge on any atom is -0.492 e. The summed E-state index contributed by atoms with van der Waals surface area (Å²) in [6.07, 6.45) is 3.66. The number of hydrogen-bond acceptors (Lipinski definition) is 6. The molecule has 2 heterocycles. The minimum absolute atomic E-state index is 0.132. The van der Waals surface area contributed by atoms with E-state index in [1.54, 1.807) is 7.05 Å². The highest BCUT2D eigenvalue weighted by Gasteiger charge is 2.30. The molecule has 32 heavy (non-hydrogen) atoms. The zero-order valence-corrected chi connectivity index (χ0v) is 19.0. The molecule has 0 radical (unpaired) electrons. The highest BCUT2D eigenvalue weighted by Crippen LogP contribution is 2.38. The summed E-state index contributed by atoms with van der Waals surface area (Å²) in [6, 6.07) is 16.4. The van der Waals surface area contributed by atoms with Gasteiger partial charge in [0.2, 0.25) is 10.0 Å². The van der Waals surface area contributed by atoms with Crippen molar-refractivity contribution in [2.24, 2.45) is 7.05 Å². The van der Waals surface area contributed by atoms with E-state index in [-0.39, 0.29) is 30.0 Å². The van der Waals surface area contributed by atoms with Crippen LogP contribution in [0.5, 0.6) is 11.5 Å². The number of sulfonamides is 1. The Morgan fingerprint density at radius 3 is 2.75 bits per heavy atom. The Labute approximate surface area is 188 Å². The van der Waals surface area contributed by atoms with Crippen molar-refractivity contribution in [3.63, 3.8) is 0 Å². The Morgan fingerprint density at radius 2 is 2.03 bits per heavy atom. The normalized spacial score (nSPS) is 18.1. The van der Waals surface area contributed by atoms with Gasteiger partial charge in [-0.2, -0.15) is 5.10 Å². The molecule has 170 valence electrons. The summed E-state index contributed by atoms with van der Waals surface area (Å²) in [5, 5.41) is 7.27. The fraction of sp³-hybridized carbons (Fsp3) is 0.348. The zero-order chi connectivity index (χ0) is 22.6. The summed E-state index contributed by atoms with van der Waals surface area (Å²) in [5.41, 5.74) is 2.36. The second-order valence-electron chi connectivity index (χ2n) is 7.80. The summed E-state index contributed by atoms with van der Waals surface area (Å²) in [6.45, 7) is 0.965. The van der Waals surface area contributed by atoms with Crippen LogP contribution in [0.1, 0.15) is 17.0 Å². The van der Waals surface area contributed by atoms with E-state index < -0.39 is 10.0 Å². The van der Waals surface area contributed by atoms with Crippen LogP contribution in [0.4, 0.5) is 0 Å². The van der Waals surface area contributed by atoms with Crippen molar-refractivity contribution in [1.82, 2.24) is 19.8 Å². The average molecular weight is 457 g/mol. The van der Waals surface area contributed by atoms with Gasteiger partial charge in [-0.25, -0.2) is 13.1 Å². The number of rotatable bonds is 9. The largest absolute Gasteiger partial charge is 0.492 e. The number of nitrogens with one attached hydrogen (secondary N) is 2. The Morgan fingerprint density at radius 1 is 1.22 bits per heavy atom. The summed E-state index contributed by atoms with van der Waals surface area (Å²) in [5.74, 6) is 1.78. The average Bonchev–Trinajstić information content (AvgIpc) is 3.25. The number of fused-ring (bicyclic) bond motifs is 1. The van der Waals surface area contributed by atoms with E-state index in [1.807, 2.05) is 31.3 Å². The summed E-state index contributed by atoms with van der Waals surface area (Å²) >= 11 is 0. The molecule has 8 nitrogen and oxygen atoms in total. The van der Waals surface area contributed by atoms with Crippen molar-refractivity contribution in [3.05, 3.63) is 72.1 Å². The molecule has 9 heteroatoms. The van der Waals surface area contributed by atoms with Crippen LogP contribution in [-0.2, 0) is 23.5 Å². The Hall–Kier alpha value is -2.88.